The lowest BCUT2D eigenvalue weighted by molar-refractivity contribution is 0.0958. The van der Waals surface area contributed by atoms with E-state index in [0.717, 1.165) is 5.52 Å². The first-order chi connectivity index (χ1) is 14.4. The second-order valence-electron chi connectivity index (χ2n) is 6.46. The first kappa shape index (κ1) is 19.7. The van der Waals surface area contributed by atoms with Gasteiger partial charge in [-0.3, -0.25) is 9.78 Å². The minimum atomic E-state index is -0.510. The van der Waals surface area contributed by atoms with Crippen molar-refractivity contribution in [3.8, 4) is 11.5 Å². The number of imidazole rings is 1. The number of aryl methyl sites for hydroxylation is 1. The lowest BCUT2D eigenvalue weighted by atomic mass is 10.3. The topological polar surface area (TPSA) is 81.1 Å². The number of carbonyl (C=O) groups is 1. The van der Waals surface area contributed by atoms with Gasteiger partial charge in [-0.15, -0.1) is 0 Å². The molecule has 2 heterocycles. The second-order valence-corrected chi connectivity index (χ2v) is 6.86. The Hall–Kier alpha value is -3.65. The maximum atomic E-state index is 13.7. The normalized spacial score (nSPS) is 10.8. The average molecular weight is 426 g/mol. The number of nitrogens with one attached hydrogen (secondary N) is 2. The summed E-state index contributed by atoms with van der Waals surface area (Å²) in [4.78, 5) is 20.3. The summed E-state index contributed by atoms with van der Waals surface area (Å²) in [5, 5.41) is 5.67. The summed E-state index contributed by atoms with van der Waals surface area (Å²) < 4.78 is 21.4. The number of carbonyl (C=O) groups excluding carboxylic acids is 1. The lowest BCUT2D eigenvalue weighted by Gasteiger charge is -2.07. The smallest absolute Gasteiger partial charge is 0.269 e. The van der Waals surface area contributed by atoms with Gasteiger partial charge in [0.25, 0.3) is 5.91 Å². The van der Waals surface area contributed by atoms with E-state index in [1.54, 1.807) is 30.3 Å². The predicted molar refractivity (Wildman–Crippen MR) is 113 cm³/mol. The molecule has 4 rings (SSSR count). The zero-order chi connectivity index (χ0) is 21.3. The fraction of sp³-hybridized carbons (Fsp3) is 0.0952. The quantitative estimate of drug-likeness (QED) is 0.486. The molecule has 7 nitrogen and oxygen atoms in total. The number of hydrogen-bond donors (Lipinski definition) is 2. The number of amides is 1. The summed E-state index contributed by atoms with van der Waals surface area (Å²) in [6.45, 7) is 0. The van der Waals surface area contributed by atoms with Gasteiger partial charge in [0.05, 0.1) is 16.1 Å². The van der Waals surface area contributed by atoms with Crippen molar-refractivity contribution < 1.29 is 13.9 Å². The largest absolute Gasteiger partial charge is 0.457 e. The molecule has 0 fully saturated rings. The number of hydrogen-bond acceptors (Lipinski definition) is 5. The van der Waals surface area contributed by atoms with Crippen molar-refractivity contribution in [3.63, 3.8) is 0 Å². The summed E-state index contributed by atoms with van der Waals surface area (Å²) in [6.07, 6.45) is 1.51. The molecule has 0 aliphatic heterocycles. The number of fused-ring (bicyclic) bond motifs is 1. The van der Waals surface area contributed by atoms with Crippen LogP contribution in [0.4, 0.5) is 16.0 Å². The van der Waals surface area contributed by atoms with Gasteiger partial charge in [0, 0.05) is 38.1 Å². The maximum absolute atomic E-state index is 13.7. The van der Waals surface area contributed by atoms with E-state index in [2.05, 4.69) is 20.6 Å². The van der Waals surface area contributed by atoms with Gasteiger partial charge in [-0.25, -0.2) is 9.37 Å². The minimum Gasteiger partial charge on any atom is -0.457 e. The first-order valence-corrected chi connectivity index (χ1v) is 9.37. The molecule has 0 unspecified atom stereocenters. The molecule has 152 valence electrons. The van der Waals surface area contributed by atoms with Crippen molar-refractivity contribution in [1.82, 2.24) is 19.9 Å². The van der Waals surface area contributed by atoms with E-state index in [1.807, 2.05) is 17.7 Å². The maximum Gasteiger partial charge on any atom is 0.269 e. The lowest BCUT2D eigenvalue weighted by Crippen LogP contribution is -2.18. The molecule has 2 N–H and O–H groups in total. The molecular formula is C21H17ClFN5O2. The highest BCUT2D eigenvalue weighted by Crippen LogP contribution is 2.29. The number of halogens is 2. The van der Waals surface area contributed by atoms with Gasteiger partial charge in [0.1, 0.15) is 23.0 Å². The number of rotatable bonds is 5. The van der Waals surface area contributed by atoms with Crippen LogP contribution in [0, 0.1) is 5.82 Å². The van der Waals surface area contributed by atoms with E-state index in [-0.39, 0.29) is 16.6 Å². The van der Waals surface area contributed by atoms with Crippen LogP contribution < -0.4 is 15.4 Å². The predicted octanol–water partition coefficient (Wildman–Crippen LogP) is 4.66. The van der Waals surface area contributed by atoms with Crippen molar-refractivity contribution in [2.24, 2.45) is 7.05 Å². The number of anilines is 2. The number of nitrogens with zero attached hydrogens (tertiary/aromatic N) is 3. The first-order valence-electron chi connectivity index (χ1n) is 8.99. The highest BCUT2D eigenvalue weighted by Gasteiger charge is 2.12. The van der Waals surface area contributed by atoms with Gasteiger partial charge in [-0.05, 0) is 36.4 Å². The summed E-state index contributed by atoms with van der Waals surface area (Å²) >= 11 is 5.73. The van der Waals surface area contributed by atoms with E-state index in [1.165, 1.54) is 25.4 Å². The molecule has 0 radical (unpaired) electrons. The molecule has 0 aliphatic carbocycles. The SMILES string of the molecule is CNC(=O)c1cc(Oc2ccc3c(c2)nc(Nc2ccc(Cl)c(F)c2)n3C)ccn1. The molecule has 9 heteroatoms. The van der Waals surface area contributed by atoms with E-state index in [4.69, 9.17) is 16.3 Å². The van der Waals surface area contributed by atoms with Crippen LogP contribution >= 0.6 is 11.6 Å². The van der Waals surface area contributed by atoms with E-state index in [9.17, 15) is 9.18 Å². The van der Waals surface area contributed by atoms with E-state index in [0.29, 0.717) is 28.7 Å². The van der Waals surface area contributed by atoms with Gasteiger partial charge in [-0.1, -0.05) is 11.6 Å². The number of benzene rings is 2. The Balaban J connectivity index is 1.60. The van der Waals surface area contributed by atoms with Gasteiger partial charge in [-0.2, -0.15) is 0 Å². The Morgan fingerprint density at radius 1 is 1.13 bits per heavy atom. The molecule has 0 saturated heterocycles. The fourth-order valence-corrected chi connectivity index (χ4v) is 3.04. The molecule has 0 bridgehead atoms. The Morgan fingerprint density at radius 3 is 2.70 bits per heavy atom. The highest BCUT2D eigenvalue weighted by molar-refractivity contribution is 6.30. The molecule has 2 aromatic heterocycles. The Kier molecular flexibility index (Phi) is 5.24. The van der Waals surface area contributed by atoms with Gasteiger partial charge in [0.15, 0.2) is 0 Å². The van der Waals surface area contributed by atoms with Crippen molar-refractivity contribution in [3.05, 3.63) is 71.3 Å². The molecule has 0 aliphatic rings. The van der Waals surface area contributed by atoms with Crippen LogP contribution in [0.15, 0.2) is 54.7 Å². The van der Waals surface area contributed by atoms with Crippen LogP contribution in [0.2, 0.25) is 5.02 Å². The zero-order valence-electron chi connectivity index (χ0n) is 16.1. The Labute approximate surface area is 176 Å². The third-order valence-electron chi connectivity index (χ3n) is 4.45. The van der Waals surface area contributed by atoms with Crippen molar-refractivity contribution in [2.45, 2.75) is 0 Å². The number of aromatic nitrogens is 3. The van der Waals surface area contributed by atoms with Crippen molar-refractivity contribution in [2.75, 3.05) is 12.4 Å². The van der Waals surface area contributed by atoms with E-state index < -0.39 is 5.82 Å². The van der Waals surface area contributed by atoms with Gasteiger partial charge < -0.3 is 19.9 Å². The summed E-state index contributed by atoms with van der Waals surface area (Å²) in [6, 6.07) is 13.1. The molecule has 0 atom stereocenters. The highest BCUT2D eigenvalue weighted by atomic mass is 35.5. The van der Waals surface area contributed by atoms with Crippen LogP contribution in [-0.2, 0) is 7.05 Å². The summed E-state index contributed by atoms with van der Waals surface area (Å²) in [5.41, 5.74) is 2.34. The molecule has 4 aromatic rings. The van der Waals surface area contributed by atoms with Crippen LogP contribution in [0.3, 0.4) is 0 Å². The third-order valence-corrected chi connectivity index (χ3v) is 4.76. The number of ether oxygens (including phenoxy) is 1. The van der Waals surface area contributed by atoms with Crippen LogP contribution in [0.5, 0.6) is 11.5 Å². The standard InChI is InChI=1S/C21H17ClFN5O2/c1-24-20(29)18-11-14(7-8-25-18)30-13-4-6-19-17(10-13)27-21(28(19)2)26-12-3-5-15(22)16(23)9-12/h3-11H,1-2H3,(H,24,29)(H,26,27). The van der Waals surface area contributed by atoms with Crippen LogP contribution in [0.25, 0.3) is 11.0 Å². The van der Waals surface area contributed by atoms with Gasteiger partial charge in [0.2, 0.25) is 5.95 Å². The monoisotopic (exact) mass is 425 g/mol. The molecule has 1 amide bonds. The van der Waals surface area contributed by atoms with Crippen molar-refractivity contribution in [1.29, 1.82) is 0 Å². The van der Waals surface area contributed by atoms with Crippen LogP contribution in [0.1, 0.15) is 10.5 Å². The second kappa shape index (κ2) is 8.00. The molecular weight excluding hydrogens is 409 g/mol. The molecule has 2 aromatic carbocycles. The summed E-state index contributed by atoms with van der Waals surface area (Å²) in [5.74, 6) is 0.766. The number of pyridine rings is 1. The third kappa shape index (κ3) is 3.90. The minimum absolute atomic E-state index is 0.0584. The van der Waals surface area contributed by atoms with Crippen molar-refractivity contribution >= 4 is 40.2 Å². The van der Waals surface area contributed by atoms with Gasteiger partial charge >= 0.3 is 0 Å². The fourth-order valence-electron chi connectivity index (χ4n) is 2.92. The Bertz CT molecular complexity index is 1260. The van der Waals surface area contributed by atoms with Crippen LogP contribution in [-0.4, -0.2) is 27.5 Å². The molecule has 0 saturated carbocycles. The molecule has 30 heavy (non-hydrogen) atoms. The molecule has 0 spiro atoms. The van der Waals surface area contributed by atoms with E-state index >= 15 is 0 Å². The summed E-state index contributed by atoms with van der Waals surface area (Å²) in [7, 11) is 3.39. The Morgan fingerprint density at radius 2 is 1.93 bits per heavy atom. The average Bonchev–Trinajstić information content (AvgIpc) is 3.05. The zero-order valence-corrected chi connectivity index (χ0v) is 16.9.